The van der Waals surface area contributed by atoms with Gasteiger partial charge in [-0.2, -0.15) is 0 Å². The second kappa shape index (κ2) is 16.4. The first-order chi connectivity index (χ1) is 38.4. The van der Waals surface area contributed by atoms with E-state index in [-0.39, 0.29) is 16.2 Å². The molecule has 3 heteroatoms. The van der Waals surface area contributed by atoms with Crippen molar-refractivity contribution in [3.63, 3.8) is 0 Å². The Bertz CT molecular complexity index is 4460. The molecule has 11 aromatic carbocycles. The van der Waals surface area contributed by atoms with E-state index >= 15 is 0 Å². The first-order valence-electron chi connectivity index (χ1n) is 28.1. The lowest BCUT2D eigenvalue weighted by molar-refractivity contribution is 0.660. The highest BCUT2D eigenvalue weighted by Gasteiger charge is 2.39. The largest absolute Gasteiger partial charge is 0.310 e. The number of hydrogen-bond acceptors (Lipinski definition) is 2. The number of anilines is 6. The van der Waals surface area contributed by atoms with Crippen molar-refractivity contribution in [2.45, 2.75) is 64.2 Å². The van der Waals surface area contributed by atoms with Crippen molar-refractivity contribution in [2.24, 2.45) is 0 Å². The van der Waals surface area contributed by atoms with Crippen LogP contribution >= 0.6 is 0 Å². The van der Waals surface area contributed by atoms with Gasteiger partial charge in [-0.1, -0.05) is 181 Å². The molecule has 4 aliphatic carbocycles. The Kier molecular flexibility index (Phi) is 9.56. The quantitative estimate of drug-likeness (QED) is 0.158. The van der Waals surface area contributed by atoms with Gasteiger partial charge in [-0.25, -0.2) is 0 Å². The van der Waals surface area contributed by atoms with E-state index < -0.39 is 0 Å². The van der Waals surface area contributed by atoms with Crippen LogP contribution in [-0.2, 0) is 22.7 Å². The molecule has 0 radical (unpaired) electrons. The fourth-order valence-electron chi connectivity index (χ4n) is 14.8. The molecule has 0 unspecified atom stereocenters. The van der Waals surface area contributed by atoms with Gasteiger partial charge < -0.3 is 14.4 Å². The SMILES string of the molecule is CC1(C)c2ccccc2-c2ccc(N(c3ccc4c(c3)Cc3ccccc3-4)c3ccc4c(c3)c3cc(N(c5ccc6c(c5)C(C)(C)c5ccccc5-6)c5ccc6c(c5)C(C)(C)c5ccccc5-6)ccc3n4-c3ccccc3)cc21. The minimum atomic E-state index is -0.161. The monoisotopic (exact) mass is 1010 g/mol. The fourth-order valence-corrected chi connectivity index (χ4v) is 14.8. The molecule has 0 saturated carbocycles. The van der Waals surface area contributed by atoms with E-state index in [4.69, 9.17) is 0 Å². The normalized spacial score (nSPS) is 15.0. The van der Waals surface area contributed by atoms with E-state index in [1.54, 1.807) is 0 Å². The van der Waals surface area contributed by atoms with Crippen LogP contribution in [0.25, 0.3) is 72.0 Å². The molecule has 0 aliphatic heterocycles. The van der Waals surface area contributed by atoms with Crippen LogP contribution in [0.5, 0.6) is 0 Å². The van der Waals surface area contributed by atoms with Crippen molar-refractivity contribution in [3.8, 4) is 50.2 Å². The molecular weight excluding hydrogens is 955 g/mol. The summed E-state index contributed by atoms with van der Waals surface area (Å²) in [5.41, 5.74) is 31.4. The number of aromatic nitrogens is 1. The average Bonchev–Trinajstić information content (AvgIpc) is 4.21. The summed E-state index contributed by atoms with van der Waals surface area (Å²) in [6, 6.07) is 89.8. The smallest absolute Gasteiger partial charge is 0.0542 e. The third kappa shape index (κ3) is 6.54. The number of para-hydroxylation sites is 1. The Balaban J connectivity index is 0.918. The van der Waals surface area contributed by atoms with Crippen molar-refractivity contribution < 1.29 is 0 Å². The molecule has 0 N–H and O–H groups in total. The van der Waals surface area contributed by atoms with Crippen molar-refractivity contribution >= 4 is 55.9 Å². The van der Waals surface area contributed by atoms with Crippen LogP contribution in [0.2, 0.25) is 0 Å². The van der Waals surface area contributed by atoms with Crippen LogP contribution in [-0.4, -0.2) is 4.57 Å². The molecule has 0 amide bonds. The molecule has 0 bridgehead atoms. The van der Waals surface area contributed by atoms with Crippen LogP contribution in [0.4, 0.5) is 34.1 Å². The van der Waals surface area contributed by atoms with Gasteiger partial charge >= 0.3 is 0 Å². The maximum Gasteiger partial charge on any atom is 0.0542 e. The molecule has 0 atom stereocenters. The molecule has 16 rings (SSSR count). The van der Waals surface area contributed by atoms with Gasteiger partial charge in [-0.3, -0.25) is 0 Å². The van der Waals surface area contributed by atoms with Crippen LogP contribution in [0.1, 0.15) is 86.1 Å². The topological polar surface area (TPSA) is 11.4 Å². The van der Waals surface area contributed by atoms with E-state index in [1.165, 1.54) is 99.8 Å². The number of rotatable bonds is 7. The summed E-state index contributed by atoms with van der Waals surface area (Å²) < 4.78 is 2.46. The number of fused-ring (bicyclic) bond motifs is 15. The third-order valence-electron chi connectivity index (χ3n) is 18.8. The maximum absolute atomic E-state index is 2.52. The first kappa shape index (κ1) is 46.0. The molecule has 1 aromatic heterocycles. The highest BCUT2D eigenvalue weighted by molar-refractivity contribution is 6.12. The average molecular weight is 1010 g/mol. The Hall–Kier alpha value is -9.18. The van der Waals surface area contributed by atoms with Crippen LogP contribution in [0.15, 0.2) is 237 Å². The second-order valence-electron chi connectivity index (χ2n) is 24.1. The maximum atomic E-state index is 2.52. The number of benzene rings is 11. The molecule has 3 nitrogen and oxygen atoms in total. The predicted molar refractivity (Wildman–Crippen MR) is 331 cm³/mol. The lowest BCUT2D eigenvalue weighted by atomic mass is 9.82. The minimum absolute atomic E-state index is 0.153. The van der Waals surface area contributed by atoms with Gasteiger partial charge in [0.25, 0.3) is 0 Å². The van der Waals surface area contributed by atoms with Gasteiger partial charge in [0.1, 0.15) is 0 Å². The Morgan fingerprint density at radius 2 is 0.608 bits per heavy atom. The van der Waals surface area contributed by atoms with Gasteiger partial charge in [0, 0.05) is 66.8 Å². The van der Waals surface area contributed by atoms with Crippen molar-refractivity contribution in [1.82, 2.24) is 4.57 Å². The fraction of sp³-hybridized carbons (Fsp3) is 0.132. The number of nitrogens with zero attached hydrogens (tertiary/aromatic N) is 3. The highest BCUT2D eigenvalue weighted by atomic mass is 15.2. The Labute approximate surface area is 463 Å². The lowest BCUT2D eigenvalue weighted by Gasteiger charge is -2.30. The summed E-state index contributed by atoms with van der Waals surface area (Å²) in [5, 5.41) is 2.39. The van der Waals surface area contributed by atoms with E-state index in [2.05, 4.69) is 292 Å². The summed E-state index contributed by atoms with van der Waals surface area (Å²) in [6.07, 6.45) is 0.923. The van der Waals surface area contributed by atoms with Crippen molar-refractivity contribution in [3.05, 3.63) is 281 Å². The zero-order valence-corrected chi connectivity index (χ0v) is 45.6. The van der Waals surface area contributed by atoms with E-state index in [0.29, 0.717) is 0 Å². The molecule has 1 heterocycles. The zero-order valence-electron chi connectivity index (χ0n) is 45.6. The molecule has 378 valence electrons. The molecular formula is C76H59N3. The zero-order chi connectivity index (χ0) is 53.1. The molecule has 0 saturated heterocycles. The van der Waals surface area contributed by atoms with Gasteiger partial charge in [0.05, 0.1) is 11.0 Å². The first-order valence-corrected chi connectivity index (χ1v) is 28.1. The van der Waals surface area contributed by atoms with Crippen LogP contribution < -0.4 is 9.80 Å². The van der Waals surface area contributed by atoms with E-state index in [1.807, 2.05) is 0 Å². The predicted octanol–water partition coefficient (Wildman–Crippen LogP) is 20.2. The van der Waals surface area contributed by atoms with Gasteiger partial charge in [-0.05, 0) is 192 Å². The van der Waals surface area contributed by atoms with Crippen LogP contribution in [0.3, 0.4) is 0 Å². The summed E-state index contributed by atoms with van der Waals surface area (Å²) in [6.45, 7) is 14.3. The summed E-state index contributed by atoms with van der Waals surface area (Å²) in [4.78, 5) is 5.03. The van der Waals surface area contributed by atoms with Gasteiger partial charge in [0.2, 0.25) is 0 Å². The highest BCUT2D eigenvalue weighted by Crippen LogP contribution is 2.55. The van der Waals surface area contributed by atoms with Gasteiger partial charge in [-0.15, -0.1) is 0 Å². The summed E-state index contributed by atoms with van der Waals surface area (Å²) in [5.74, 6) is 0. The summed E-state index contributed by atoms with van der Waals surface area (Å²) >= 11 is 0. The molecule has 12 aromatic rings. The van der Waals surface area contributed by atoms with Crippen molar-refractivity contribution in [1.29, 1.82) is 0 Å². The summed E-state index contributed by atoms with van der Waals surface area (Å²) in [7, 11) is 0. The van der Waals surface area contributed by atoms with E-state index in [9.17, 15) is 0 Å². The molecule has 79 heavy (non-hydrogen) atoms. The molecule has 4 aliphatic rings. The third-order valence-corrected chi connectivity index (χ3v) is 18.8. The standard InChI is InChI=1S/C76H59N3/c1-74(2)66-25-15-12-22-58(66)61-35-29-53(44-69(61)74)77(50-28-34-57-48(41-50)40-47-18-10-11-21-56(47)57)51-32-38-72-64(42-51)65-43-52(33-39-73(65)79(72)49-19-8-7-9-20-49)78(54-30-36-62-59-23-13-16-26-67(59)75(3,4)70(62)45-54)55-31-37-63-60-24-14-17-27-68(60)76(5,6)71(63)46-55/h7-39,41-46H,40H2,1-6H3. The van der Waals surface area contributed by atoms with Crippen LogP contribution in [0, 0.1) is 0 Å². The lowest BCUT2D eigenvalue weighted by Crippen LogP contribution is -2.18. The molecule has 0 spiro atoms. The Morgan fingerprint density at radius 3 is 1.06 bits per heavy atom. The second-order valence-corrected chi connectivity index (χ2v) is 24.1. The molecule has 0 fully saturated rings. The van der Waals surface area contributed by atoms with E-state index in [0.717, 1.165) is 57.3 Å². The number of hydrogen-bond donors (Lipinski definition) is 0. The van der Waals surface area contributed by atoms with Crippen molar-refractivity contribution in [2.75, 3.05) is 9.80 Å². The van der Waals surface area contributed by atoms with Gasteiger partial charge in [0.15, 0.2) is 0 Å². The minimum Gasteiger partial charge on any atom is -0.310 e. The Morgan fingerprint density at radius 1 is 0.278 bits per heavy atom.